The zero-order chi connectivity index (χ0) is 11.8. The average Bonchev–Trinajstić information content (AvgIpc) is 2.93. The average molecular weight is 222 g/mol. The minimum absolute atomic E-state index is 0.557. The fraction of sp³-hybridized carbons (Fsp3) is 0.583. The van der Waals surface area contributed by atoms with Gasteiger partial charge in [0.1, 0.15) is 0 Å². The van der Waals surface area contributed by atoms with Crippen LogP contribution in [-0.4, -0.2) is 39.5 Å². The van der Waals surface area contributed by atoms with Crippen molar-refractivity contribution >= 4 is 0 Å². The minimum Gasteiger partial charge on any atom is -0.359 e. The van der Waals surface area contributed by atoms with Crippen molar-refractivity contribution in [3.63, 3.8) is 0 Å². The summed E-state index contributed by atoms with van der Waals surface area (Å²) in [6.45, 7) is 5.66. The number of hydrogen-bond donors (Lipinski definition) is 1. The Morgan fingerprint density at radius 1 is 1.38 bits per heavy atom. The van der Waals surface area contributed by atoms with Crippen LogP contribution in [0.2, 0.25) is 0 Å². The summed E-state index contributed by atoms with van der Waals surface area (Å²) in [5.41, 5.74) is 0. The van der Waals surface area contributed by atoms with Gasteiger partial charge in [0, 0.05) is 38.4 Å². The number of aromatic nitrogens is 2. The molecule has 4 heteroatoms. The van der Waals surface area contributed by atoms with Gasteiger partial charge < -0.3 is 14.8 Å². The zero-order valence-corrected chi connectivity index (χ0v) is 10.4. The standard InChI is InChI=1S/C9H18N2.C3H4N2/c1-4-5-6-11-8-7-10(3)9(11)2;1-2-5-3-4-1/h7-9H,4-6H2,1-3H3;1-3H,(H,4,5). The number of unbranched alkanes of at least 4 members (excludes halogenated alkanes) is 1. The topological polar surface area (TPSA) is 35.2 Å². The van der Waals surface area contributed by atoms with Crippen LogP contribution < -0.4 is 0 Å². The highest BCUT2D eigenvalue weighted by Crippen LogP contribution is 2.13. The van der Waals surface area contributed by atoms with Gasteiger partial charge in [-0.2, -0.15) is 0 Å². The molecule has 0 aromatic carbocycles. The Morgan fingerprint density at radius 3 is 2.56 bits per heavy atom. The molecule has 0 saturated carbocycles. The summed E-state index contributed by atoms with van der Waals surface area (Å²) in [4.78, 5) is 11.0. The molecular formula is C12H22N4. The molecule has 0 aliphatic carbocycles. The van der Waals surface area contributed by atoms with Crippen LogP contribution in [0.3, 0.4) is 0 Å². The van der Waals surface area contributed by atoms with Crippen LogP contribution in [-0.2, 0) is 0 Å². The van der Waals surface area contributed by atoms with Crippen LogP contribution in [0.25, 0.3) is 0 Å². The summed E-state index contributed by atoms with van der Waals surface area (Å²) in [6, 6.07) is 0. The first-order valence-corrected chi connectivity index (χ1v) is 5.84. The summed E-state index contributed by atoms with van der Waals surface area (Å²) >= 11 is 0. The molecule has 90 valence electrons. The first-order valence-electron chi connectivity index (χ1n) is 5.84. The summed E-state index contributed by atoms with van der Waals surface area (Å²) in [6.07, 6.45) is 12.5. The van der Waals surface area contributed by atoms with Crippen molar-refractivity contribution in [2.75, 3.05) is 13.6 Å². The Labute approximate surface area is 98.0 Å². The largest absolute Gasteiger partial charge is 0.359 e. The number of H-pyrrole nitrogens is 1. The molecule has 0 bridgehead atoms. The van der Waals surface area contributed by atoms with Crippen LogP contribution in [0.5, 0.6) is 0 Å². The molecule has 0 saturated heterocycles. The van der Waals surface area contributed by atoms with Crippen molar-refractivity contribution in [3.8, 4) is 0 Å². The van der Waals surface area contributed by atoms with E-state index in [0.717, 1.165) is 0 Å². The van der Waals surface area contributed by atoms with Gasteiger partial charge in [-0.1, -0.05) is 13.3 Å². The Kier molecular flexibility index (Phi) is 5.46. The van der Waals surface area contributed by atoms with Gasteiger partial charge in [-0.3, -0.25) is 0 Å². The van der Waals surface area contributed by atoms with Gasteiger partial charge in [0.25, 0.3) is 0 Å². The fourth-order valence-electron chi connectivity index (χ4n) is 1.49. The fourth-order valence-corrected chi connectivity index (χ4v) is 1.49. The highest BCUT2D eigenvalue weighted by molar-refractivity contribution is 4.93. The molecule has 16 heavy (non-hydrogen) atoms. The van der Waals surface area contributed by atoms with E-state index in [1.165, 1.54) is 19.4 Å². The van der Waals surface area contributed by atoms with Crippen molar-refractivity contribution < 1.29 is 0 Å². The summed E-state index contributed by atoms with van der Waals surface area (Å²) < 4.78 is 0. The monoisotopic (exact) mass is 222 g/mol. The first kappa shape index (κ1) is 12.6. The molecule has 1 aliphatic rings. The number of nitrogens with zero attached hydrogens (tertiary/aromatic N) is 3. The quantitative estimate of drug-likeness (QED) is 0.852. The molecule has 0 radical (unpaired) electrons. The van der Waals surface area contributed by atoms with E-state index < -0.39 is 0 Å². The Morgan fingerprint density at radius 2 is 2.19 bits per heavy atom. The summed E-state index contributed by atoms with van der Waals surface area (Å²) in [5.74, 6) is 0. The van der Waals surface area contributed by atoms with Crippen molar-refractivity contribution in [2.24, 2.45) is 0 Å². The van der Waals surface area contributed by atoms with Gasteiger partial charge in [0.2, 0.25) is 0 Å². The molecule has 0 amide bonds. The summed E-state index contributed by atoms with van der Waals surface area (Å²) in [7, 11) is 2.12. The van der Waals surface area contributed by atoms with E-state index in [2.05, 4.69) is 53.1 Å². The van der Waals surface area contributed by atoms with Crippen LogP contribution in [0.1, 0.15) is 26.7 Å². The molecule has 2 rings (SSSR count). The van der Waals surface area contributed by atoms with E-state index in [4.69, 9.17) is 0 Å². The number of aromatic amines is 1. The molecule has 4 nitrogen and oxygen atoms in total. The third kappa shape index (κ3) is 3.96. The maximum Gasteiger partial charge on any atom is 0.0974 e. The maximum absolute atomic E-state index is 3.67. The lowest BCUT2D eigenvalue weighted by atomic mass is 10.3. The summed E-state index contributed by atoms with van der Waals surface area (Å²) in [5, 5.41) is 0. The van der Waals surface area contributed by atoms with Gasteiger partial charge in [0.05, 0.1) is 12.5 Å². The van der Waals surface area contributed by atoms with E-state index in [-0.39, 0.29) is 0 Å². The van der Waals surface area contributed by atoms with Crippen LogP contribution in [0.15, 0.2) is 31.1 Å². The van der Waals surface area contributed by atoms with Crippen molar-refractivity contribution in [1.82, 2.24) is 19.8 Å². The first-order chi connectivity index (χ1) is 7.75. The highest BCUT2D eigenvalue weighted by atomic mass is 15.4. The zero-order valence-electron chi connectivity index (χ0n) is 10.4. The molecular weight excluding hydrogens is 200 g/mol. The molecule has 1 N–H and O–H groups in total. The molecule has 1 aliphatic heterocycles. The smallest absolute Gasteiger partial charge is 0.0974 e. The number of imidazole rings is 1. The van der Waals surface area contributed by atoms with Crippen LogP contribution in [0, 0.1) is 0 Å². The van der Waals surface area contributed by atoms with Gasteiger partial charge in [-0.15, -0.1) is 0 Å². The Bertz CT molecular complexity index is 264. The molecule has 1 atom stereocenters. The van der Waals surface area contributed by atoms with E-state index in [1.807, 2.05) is 0 Å². The second-order valence-electron chi connectivity index (χ2n) is 3.95. The SMILES string of the molecule is CCCCN1C=CN(C)C1C.c1c[nH]cn1. The number of rotatable bonds is 3. The number of hydrogen-bond acceptors (Lipinski definition) is 3. The lowest BCUT2D eigenvalue weighted by molar-refractivity contribution is 0.193. The highest BCUT2D eigenvalue weighted by Gasteiger charge is 2.16. The second kappa shape index (κ2) is 6.93. The van der Waals surface area contributed by atoms with Crippen molar-refractivity contribution in [1.29, 1.82) is 0 Å². The molecule has 0 fully saturated rings. The normalized spacial score (nSPS) is 18.6. The molecule has 0 spiro atoms. The molecule has 1 aromatic rings. The van der Waals surface area contributed by atoms with E-state index in [9.17, 15) is 0 Å². The molecule has 2 heterocycles. The third-order valence-corrected chi connectivity index (χ3v) is 2.74. The maximum atomic E-state index is 3.67. The predicted octanol–water partition coefficient (Wildman–Crippen LogP) is 2.26. The van der Waals surface area contributed by atoms with Gasteiger partial charge >= 0.3 is 0 Å². The van der Waals surface area contributed by atoms with Crippen LogP contribution in [0.4, 0.5) is 0 Å². The number of nitrogens with one attached hydrogen (secondary N) is 1. The Balaban J connectivity index is 0.000000212. The molecule has 1 unspecified atom stereocenters. The van der Waals surface area contributed by atoms with Gasteiger partial charge in [-0.05, 0) is 13.3 Å². The minimum atomic E-state index is 0.557. The van der Waals surface area contributed by atoms with E-state index in [1.54, 1.807) is 18.7 Å². The van der Waals surface area contributed by atoms with E-state index in [0.29, 0.717) is 6.17 Å². The van der Waals surface area contributed by atoms with Gasteiger partial charge in [-0.25, -0.2) is 4.98 Å². The van der Waals surface area contributed by atoms with Crippen molar-refractivity contribution in [2.45, 2.75) is 32.9 Å². The Hall–Kier alpha value is -1.45. The predicted molar refractivity (Wildman–Crippen MR) is 66.6 cm³/mol. The lowest BCUT2D eigenvalue weighted by Gasteiger charge is -2.26. The molecule has 1 aromatic heterocycles. The van der Waals surface area contributed by atoms with Crippen molar-refractivity contribution in [3.05, 3.63) is 31.1 Å². The second-order valence-corrected chi connectivity index (χ2v) is 3.95. The van der Waals surface area contributed by atoms with Crippen LogP contribution >= 0.6 is 0 Å². The lowest BCUT2D eigenvalue weighted by Crippen LogP contribution is -2.33. The third-order valence-electron chi connectivity index (χ3n) is 2.74. The van der Waals surface area contributed by atoms with Gasteiger partial charge in [0.15, 0.2) is 0 Å². The van der Waals surface area contributed by atoms with E-state index >= 15 is 0 Å².